The van der Waals surface area contributed by atoms with Gasteiger partial charge >= 0.3 is 0 Å². The van der Waals surface area contributed by atoms with Crippen molar-refractivity contribution in [1.29, 1.82) is 0 Å². The Bertz CT molecular complexity index is 1470. The van der Waals surface area contributed by atoms with Crippen molar-refractivity contribution in [1.82, 2.24) is 10.2 Å². The molecule has 2 amide bonds. The highest BCUT2D eigenvalue weighted by molar-refractivity contribution is 7.92. The van der Waals surface area contributed by atoms with Gasteiger partial charge in [0.2, 0.25) is 11.8 Å². The summed E-state index contributed by atoms with van der Waals surface area (Å²) in [5.41, 5.74) is 1.47. The summed E-state index contributed by atoms with van der Waals surface area (Å²) in [7, 11) is -2.63. The molecule has 0 fully saturated rings. The maximum atomic E-state index is 14.1. The average Bonchev–Trinajstić information content (AvgIpc) is 2.94. The fraction of sp³-hybridized carbons (Fsp3) is 0.375. The number of methoxy groups -OCH3 is 1. The first-order valence-corrected chi connectivity index (χ1v) is 15.3. The molecule has 3 aromatic carbocycles. The molecule has 3 rings (SSSR count). The molecule has 0 heterocycles. The minimum atomic E-state index is -4.18. The number of benzene rings is 3. The topological polar surface area (TPSA) is 105 Å². The van der Waals surface area contributed by atoms with E-state index < -0.39 is 34.1 Å². The van der Waals surface area contributed by atoms with Crippen molar-refractivity contribution in [3.8, 4) is 11.5 Å². The normalized spacial score (nSPS) is 12.3. The van der Waals surface area contributed by atoms with Crippen LogP contribution in [0.4, 0.5) is 5.69 Å². The van der Waals surface area contributed by atoms with Crippen LogP contribution in [0.3, 0.4) is 0 Å². The Morgan fingerprint density at radius 2 is 1.60 bits per heavy atom. The lowest BCUT2D eigenvalue weighted by atomic mass is 10.1. The molecule has 0 bridgehead atoms. The molecule has 0 saturated heterocycles. The van der Waals surface area contributed by atoms with Gasteiger partial charge in [-0.2, -0.15) is 0 Å². The Kier molecular flexibility index (Phi) is 10.6. The van der Waals surface area contributed by atoms with Gasteiger partial charge in [-0.05, 0) is 95.6 Å². The molecule has 42 heavy (non-hydrogen) atoms. The van der Waals surface area contributed by atoms with Crippen LogP contribution in [0.15, 0.2) is 77.7 Å². The van der Waals surface area contributed by atoms with Crippen molar-refractivity contribution >= 4 is 27.5 Å². The van der Waals surface area contributed by atoms with E-state index in [0.717, 1.165) is 15.4 Å². The fourth-order valence-electron chi connectivity index (χ4n) is 4.27. The lowest BCUT2D eigenvalue weighted by Crippen LogP contribution is -2.54. The van der Waals surface area contributed by atoms with Crippen LogP contribution in [0.25, 0.3) is 0 Å². The van der Waals surface area contributed by atoms with E-state index in [2.05, 4.69) is 5.32 Å². The summed E-state index contributed by atoms with van der Waals surface area (Å²) in [6.07, 6.45) is 0. The second-order valence-corrected chi connectivity index (χ2v) is 12.9. The number of rotatable bonds is 12. The van der Waals surface area contributed by atoms with Crippen LogP contribution < -0.4 is 19.1 Å². The summed E-state index contributed by atoms with van der Waals surface area (Å²) in [5, 5.41) is 2.92. The predicted molar refractivity (Wildman–Crippen MR) is 164 cm³/mol. The molecule has 0 saturated carbocycles. The molecule has 0 aliphatic carbocycles. The molecule has 3 aromatic rings. The van der Waals surface area contributed by atoms with Gasteiger partial charge in [0.1, 0.15) is 24.1 Å². The number of nitrogens with one attached hydrogen (secondary N) is 1. The van der Waals surface area contributed by atoms with Gasteiger partial charge in [-0.1, -0.05) is 29.8 Å². The Morgan fingerprint density at radius 1 is 0.952 bits per heavy atom. The van der Waals surface area contributed by atoms with Crippen LogP contribution in [0.5, 0.6) is 11.5 Å². The van der Waals surface area contributed by atoms with E-state index in [-0.39, 0.29) is 17.3 Å². The number of carbonyl (C=O) groups excluding carboxylic acids is 2. The molecule has 9 nitrogen and oxygen atoms in total. The fourth-order valence-corrected chi connectivity index (χ4v) is 5.68. The average molecular weight is 596 g/mol. The summed E-state index contributed by atoms with van der Waals surface area (Å²) < 4.78 is 39.9. The van der Waals surface area contributed by atoms with Gasteiger partial charge in [0.15, 0.2) is 0 Å². The highest BCUT2D eigenvalue weighted by atomic mass is 32.2. The van der Waals surface area contributed by atoms with Crippen molar-refractivity contribution < 1.29 is 27.5 Å². The number of sulfonamides is 1. The van der Waals surface area contributed by atoms with Gasteiger partial charge in [-0.25, -0.2) is 8.42 Å². The molecular weight excluding hydrogens is 554 g/mol. The standard InChI is InChI=1S/C32H41N3O6S/c1-8-41-27-16-18-29(19-17-27)42(38,39)35(26-14-12-23(2)13-15-26)22-30(36)34(24(3)31(37)33-32(4,5)6)21-25-10-9-11-28(20-25)40-7/h9-20,24H,8,21-22H2,1-7H3,(H,33,37). The largest absolute Gasteiger partial charge is 0.497 e. The molecular formula is C32H41N3O6S. The molecule has 0 aliphatic heterocycles. The van der Waals surface area contributed by atoms with Crippen LogP contribution in [-0.4, -0.2) is 57.0 Å². The van der Waals surface area contributed by atoms with Crippen molar-refractivity contribution in [2.24, 2.45) is 0 Å². The zero-order valence-corrected chi connectivity index (χ0v) is 26.2. The number of amides is 2. The number of carbonyl (C=O) groups is 2. The molecule has 10 heteroatoms. The zero-order valence-electron chi connectivity index (χ0n) is 25.4. The number of nitrogens with zero attached hydrogens (tertiary/aromatic N) is 2. The van der Waals surface area contributed by atoms with Gasteiger partial charge in [0, 0.05) is 12.1 Å². The first-order valence-electron chi connectivity index (χ1n) is 13.8. The molecule has 1 unspecified atom stereocenters. The molecule has 0 aliphatic rings. The van der Waals surface area contributed by atoms with Crippen molar-refractivity contribution in [2.75, 3.05) is 24.6 Å². The van der Waals surface area contributed by atoms with Crippen LogP contribution in [0.2, 0.25) is 0 Å². The number of hydrogen-bond acceptors (Lipinski definition) is 6. The maximum Gasteiger partial charge on any atom is 0.264 e. The monoisotopic (exact) mass is 595 g/mol. The zero-order chi connectivity index (χ0) is 31.1. The number of anilines is 1. The van der Waals surface area contributed by atoms with Crippen molar-refractivity contribution in [3.05, 3.63) is 83.9 Å². The maximum absolute atomic E-state index is 14.1. The number of ether oxygens (including phenoxy) is 2. The summed E-state index contributed by atoms with van der Waals surface area (Å²) in [4.78, 5) is 28.7. The van der Waals surface area contributed by atoms with Crippen molar-refractivity contribution in [2.45, 2.75) is 64.6 Å². The first-order chi connectivity index (χ1) is 19.7. The van der Waals surface area contributed by atoms with Gasteiger partial charge in [-0.3, -0.25) is 13.9 Å². The van der Waals surface area contributed by atoms with E-state index in [1.54, 1.807) is 68.6 Å². The lowest BCUT2D eigenvalue weighted by Gasteiger charge is -2.33. The molecule has 0 spiro atoms. The minimum absolute atomic E-state index is 0.0113. The van der Waals surface area contributed by atoms with Crippen LogP contribution in [0, 0.1) is 6.92 Å². The summed E-state index contributed by atoms with van der Waals surface area (Å²) in [6, 6.07) is 19.3. The SMILES string of the molecule is CCOc1ccc(S(=O)(=O)N(CC(=O)N(Cc2cccc(OC)c2)C(C)C(=O)NC(C)(C)C)c2ccc(C)cc2)cc1. The minimum Gasteiger partial charge on any atom is -0.497 e. The highest BCUT2D eigenvalue weighted by Gasteiger charge is 2.33. The summed E-state index contributed by atoms with van der Waals surface area (Å²) in [5.74, 6) is 0.253. The van der Waals surface area contributed by atoms with Crippen LogP contribution >= 0.6 is 0 Å². The Labute approximate surface area is 249 Å². The lowest BCUT2D eigenvalue weighted by molar-refractivity contribution is -0.140. The smallest absolute Gasteiger partial charge is 0.264 e. The summed E-state index contributed by atoms with van der Waals surface area (Å²) >= 11 is 0. The second-order valence-electron chi connectivity index (χ2n) is 11.0. The molecule has 226 valence electrons. The molecule has 1 N–H and O–H groups in total. The van der Waals surface area contributed by atoms with E-state index in [1.165, 1.54) is 17.0 Å². The third kappa shape index (κ3) is 8.48. The van der Waals surface area contributed by atoms with Crippen LogP contribution in [0.1, 0.15) is 45.7 Å². The number of hydrogen-bond donors (Lipinski definition) is 1. The first kappa shape index (κ1) is 32.5. The van der Waals surface area contributed by atoms with E-state index in [0.29, 0.717) is 23.8 Å². The van der Waals surface area contributed by atoms with E-state index in [9.17, 15) is 18.0 Å². The van der Waals surface area contributed by atoms with Crippen molar-refractivity contribution in [3.63, 3.8) is 0 Å². The third-order valence-electron chi connectivity index (χ3n) is 6.48. The van der Waals surface area contributed by atoms with Crippen LogP contribution in [-0.2, 0) is 26.2 Å². The van der Waals surface area contributed by atoms with Gasteiger partial charge in [0.05, 0.1) is 24.3 Å². The molecule has 1 atom stereocenters. The van der Waals surface area contributed by atoms with E-state index in [1.807, 2.05) is 40.7 Å². The molecule has 0 aromatic heterocycles. The van der Waals surface area contributed by atoms with Gasteiger partial charge in [0.25, 0.3) is 10.0 Å². The van der Waals surface area contributed by atoms with E-state index in [4.69, 9.17) is 9.47 Å². The quantitative estimate of drug-likeness (QED) is 0.318. The van der Waals surface area contributed by atoms with E-state index >= 15 is 0 Å². The highest BCUT2D eigenvalue weighted by Crippen LogP contribution is 2.27. The predicted octanol–water partition coefficient (Wildman–Crippen LogP) is 4.93. The Balaban J connectivity index is 2.03. The molecule has 0 radical (unpaired) electrons. The third-order valence-corrected chi connectivity index (χ3v) is 8.26. The Hall–Kier alpha value is -4.05. The Morgan fingerprint density at radius 3 is 2.17 bits per heavy atom. The van der Waals surface area contributed by atoms with Gasteiger partial charge < -0.3 is 19.7 Å². The second kappa shape index (κ2) is 13.7. The summed E-state index contributed by atoms with van der Waals surface area (Å²) in [6.45, 7) is 10.9. The van der Waals surface area contributed by atoms with Gasteiger partial charge in [-0.15, -0.1) is 0 Å². The number of aryl methyl sites for hydroxylation is 1.